The summed E-state index contributed by atoms with van der Waals surface area (Å²) in [4.78, 5) is 0. The van der Waals surface area contributed by atoms with Gasteiger partial charge in [0.25, 0.3) is 0 Å². The first kappa shape index (κ1) is 15.9. The first-order valence-electron chi connectivity index (χ1n) is 7.78. The van der Waals surface area contributed by atoms with Gasteiger partial charge in [0.2, 0.25) is 0 Å². The van der Waals surface area contributed by atoms with Crippen LogP contribution in [0.5, 0.6) is 5.75 Å². The molecule has 1 unspecified atom stereocenters. The van der Waals surface area contributed by atoms with Gasteiger partial charge in [-0.1, -0.05) is 29.8 Å². The molecule has 0 bridgehead atoms. The SMILES string of the molecule is CNCCC(c1cccc(OC)c1)n1ccc2c(Cl)cccc21. The zero-order chi connectivity index (χ0) is 16.2. The molecule has 3 aromatic rings. The molecule has 3 nitrogen and oxygen atoms in total. The van der Waals surface area contributed by atoms with E-state index in [0.717, 1.165) is 34.6 Å². The van der Waals surface area contributed by atoms with Crippen LogP contribution < -0.4 is 10.1 Å². The molecule has 4 heteroatoms. The van der Waals surface area contributed by atoms with Gasteiger partial charge in [-0.2, -0.15) is 0 Å². The number of nitrogens with zero attached hydrogens (tertiary/aromatic N) is 1. The van der Waals surface area contributed by atoms with E-state index in [-0.39, 0.29) is 6.04 Å². The lowest BCUT2D eigenvalue weighted by Crippen LogP contribution is -2.17. The van der Waals surface area contributed by atoms with Crippen LogP contribution in [-0.2, 0) is 0 Å². The van der Waals surface area contributed by atoms with Gasteiger partial charge in [-0.05, 0) is 55.9 Å². The van der Waals surface area contributed by atoms with Gasteiger partial charge >= 0.3 is 0 Å². The van der Waals surface area contributed by atoms with Crippen molar-refractivity contribution in [2.75, 3.05) is 20.7 Å². The van der Waals surface area contributed by atoms with Crippen molar-refractivity contribution in [2.24, 2.45) is 0 Å². The Hall–Kier alpha value is -1.97. The zero-order valence-corrected chi connectivity index (χ0v) is 14.2. The highest BCUT2D eigenvalue weighted by Crippen LogP contribution is 2.32. The number of fused-ring (bicyclic) bond motifs is 1. The number of aromatic nitrogens is 1. The lowest BCUT2D eigenvalue weighted by molar-refractivity contribution is 0.413. The second kappa shape index (κ2) is 7.07. The summed E-state index contributed by atoms with van der Waals surface area (Å²) in [6.45, 7) is 0.933. The smallest absolute Gasteiger partial charge is 0.119 e. The molecule has 0 saturated heterocycles. The number of ether oxygens (including phenoxy) is 1. The van der Waals surface area contributed by atoms with Crippen LogP contribution in [0.1, 0.15) is 18.0 Å². The van der Waals surface area contributed by atoms with Crippen molar-refractivity contribution in [1.82, 2.24) is 9.88 Å². The third-order valence-corrected chi connectivity index (χ3v) is 4.52. The van der Waals surface area contributed by atoms with Crippen molar-refractivity contribution < 1.29 is 4.74 Å². The Labute approximate surface area is 141 Å². The van der Waals surface area contributed by atoms with Gasteiger partial charge in [0, 0.05) is 16.6 Å². The predicted octanol–water partition coefficient (Wildman–Crippen LogP) is 4.50. The summed E-state index contributed by atoms with van der Waals surface area (Å²) in [6, 6.07) is 16.6. The summed E-state index contributed by atoms with van der Waals surface area (Å²) in [5.74, 6) is 0.881. The van der Waals surface area contributed by atoms with Crippen molar-refractivity contribution in [3.63, 3.8) is 0 Å². The van der Waals surface area contributed by atoms with Gasteiger partial charge in [-0.15, -0.1) is 0 Å². The van der Waals surface area contributed by atoms with E-state index in [4.69, 9.17) is 16.3 Å². The molecule has 0 aliphatic heterocycles. The quantitative estimate of drug-likeness (QED) is 0.721. The van der Waals surface area contributed by atoms with Crippen molar-refractivity contribution in [3.8, 4) is 5.75 Å². The van der Waals surface area contributed by atoms with Gasteiger partial charge in [0.1, 0.15) is 5.75 Å². The molecule has 0 fully saturated rings. The molecule has 23 heavy (non-hydrogen) atoms. The molecule has 3 rings (SSSR count). The molecule has 0 saturated carbocycles. The zero-order valence-electron chi connectivity index (χ0n) is 13.4. The number of rotatable bonds is 6. The van der Waals surface area contributed by atoms with E-state index in [9.17, 15) is 0 Å². The summed E-state index contributed by atoms with van der Waals surface area (Å²) in [7, 11) is 3.68. The summed E-state index contributed by atoms with van der Waals surface area (Å²) in [6.07, 6.45) is 3.11. The van der Waals surface area contributed by atoms with E-state index in [2.05, 4.69) is 40.3 Å². The topological polar surface area (TPSA) is 26.2 Å². The van der Waals surface area contributed by atoms with Crippen LogP contribution in [0.15, 0.2) is 54.7 Å². The van der Waals surface area contributed by atoms with Crippen LogP contribution in [0.3, 0.4) is 0 Å². The maximum Gasteiger partial charge on any atom is 0.119 e. The third kappa shape index (κ3) is 3.21. The molecule has 1 aromatic heterocycles. The first-order valence-corrected chi connectivity index (χ1v) is 8.16. The fraction of sp³-hybridized carbons (Fsp3) is 0.263. The minimum absolute atomic E-state index is 0.230. The lowest BCUT2D eigenvalue weighted by atomic mass is 10.0. The summed E-state index contributed by atoms with van der Waals surface area (Å²) in [5, 5.41) is 5.13. The molecule has 1 heterocycles. The maximum atomic E-state index is 6.33. The Morgan fingerprint density at radius 1 is 1.17 bits per heavy atom. The molecular weight excluding hydrogens is 308 g/mol. The van der Waals surface area contributed by atoms with Crippen molar-refractivity contribution in [1.29, 1.82) is 0 Å². The number of nitrogens with one attached hydrogen (secondary N) is 1. The van der Waals surface area contributed by atoms with Crippen molar-refractivity contribution in [2.45, 2.75) is 12.5 Å². The minimum Gasteiger partial charge on any atom is -0.497 e. The van der Waals surface area contributed by atoms with Crippen molar-refractivity contribution in [3.05, 3.63) is 65.3 Å². The number of benzene rings is 2. The Kier molecular flexibility index (Phi) is 4.89. The molecule has 0 aliphatic carbocycles. The molecule has 0 aliphatic rings. The van der Waals surface area contributed by atoms with Crippen LogP contribution in [0.2, 0.25) is 5.02 Å². The fourth-order valence-electron chi connectivity index (χ4n) is 3.02. The monoisotopic (exact) mass is 328 g/mol. The standard InChI is InChI=1S/C19H21ClN2O/c1-21-11-9-18(14-5-3-6-15(13-14)23-2)22-12-10-16-17(20)7-4-8-19(16)22/h3-8,10,12-13,18,21H,9,11H2,1-2H3. The van der Waals surface area contributed by atoms with E-state index < -0.39 is 0 Å². The second-order valence-electron chi connectivity index (χ2n) is 5.58. The highest BCUT2D eigenvalue weighted by molar-refractivity contribution is 6.35. The molecule has 2 aromatic carbocycles. The van der Waals surface area contributed by atoms with Crippen LogP contribution >= 0.6 is 11.6 Å². The highest BCUT2D eigenvalue weighted by Gasteiger charge is 2.16. The number of hydrogen-bond donors (Lipinski definition) is 1. The summed E-state index contributed by atoms with van der Waals surface area (Å²) < 4.78 is 7.69. The molecule has 120 valence electrons. The second-order valence-corrected chi connectivity index (χ2v) is 5.99. The number of halogens is 1. The van der Waals surface area contributed by atoms with E-state index in [0.29, 0.717) is 0 Å². The van der Waals surface area contributed by atoms with Crippen LogP contribution in [0.4, 0.5) is 0 Å². The molecule has 0 amide bonds. The third-order valence-electron chi connectivity index (χ3n) is 4.19. The highest BCUT2D eigenvalue weighted by atomic mass is 35.5. The number of hydrogen-bond acceptors (Lipinski definition) is 2. The average Bonchev–Trinajstić information content (AvgIpc) is 3.01. The summed E-state index contributed by atoms with van der Waals surface area (Å²) >= 11 is 6.33. The van der Waals surface area contributed by atoms with Crippen LogP contribution in [-0.4, -0.2) is 25.3 Å². The Balaban J connectivity index is 2.08. The van der Waals surface area contributed by atoms with Crippen molar-refractivity contribution >= 4 is 22.5 Å². The maximum absolute atomic E-state index is 6.33. The summed E-state index contributed by atoms with van der Waals surface area (Å²) in [5.41, 5.74) is 2.39. The molecule has 1 atom stereocenters. The Morgan fingerprint density at radius 3 is 2.78 bits per heavy atom. The van der Waals surface area contributed by atoms with Gasteiger partial charge in [0.05, 0.1) is 18.7 Å². The average molecular weight is 329 g/mol. The normalized spacial score (nSPS) is 12.5. The Morgan fingerprint density at radius 2 is 2.00 bits per heavy atom. The first-order chi connectivity index (χ1) is 11.2. The molecule has 1 N–H and O–H groups in total. The van der Waals surface area contributed by atoms with Gasteiger partial charge < -0.3 is 14.6 Å². The van der Waals surface area contributed by atoms with Gasteiger partial charge in [0.15, 0.2) is 0 Å². The van der Waals surface area contributed by atoms with Gasteiger partial charge in [-0.3, -0.25) is 0 Å². The fourth-order valence-corrected chi connectivity index (χ4v) is 3.25. The Bertz CT molecular complexity index is 797. The minimum atomic E-state index is 0.230. The van der Waals surface area contributed by atoms with Gasteiger partial charge in [-0.25, -0.2) is 0 Å². The molecule has 0 radical (unpaired) electrons. The lowest BCUT2D eigenvalue weighted by Gasteiger charge is -2.21. The predicted molar refractivity (Wildman–Crippen MR) is 96.6 cm³/mol. The van der Waals surface area contributed by atoms with Crippen LogP contribution in [0.25, 0.3) is 10.9 Å². The molecular formula is C19H21ClN2O. The largest absolute Gasteiger partial charge is 0.497 e. The van der Waals surface area contributed by atoms with E-state index in [1.165, 1.54) is 5.56 Å². The van der Waals surface area contributed by atoms with Crippen LogP contribution in [0, 0.1) is 0 Å². The number of methoxy groups -OCH3 is 1. The van der Waals surface area contributed by atoms with E-state index >= 15 is 0 Å². The van der Waals surface area contributed by atoms with E-state index in [1.54, 1.807) is 7.11 Å². The molecule has 0 spiro atoms. The van der Waals surface area contributed by atoms with E-state index in [1.807, 2.05) is 31.3 Å².